The lowest BCUT2D eigenvalue weighted by Gasteiger charge is -2.13. The second-order valence-corrected chi connectivity index (χ2v) is 8.41. The maximum atomic E-state index is 14.3. The van der Waals surface area contributed by atoms with Crippen molar-refractivity contribution in [3.8, 4) is 0 Å². The molecule has 1 N–H and O–H groups in total. The first-order valence-corrected chi connectivity index (χ1v) is 10.7. The molecule has 9 heteroatoms. The molecule has 0 heterocycles. The van der Waals surface area contributed by atoms with Gasteiger partial charge in [0, 0.05) is 30.9 Å². The van der Waals surface area contributed by atoms with E-state index in [4.69, 9.17) is 9.68 Å². The molecule has 1 amide bonds. The number of carbonyl (C=O) groups excluding carboxylic acids is 1. The highest BCUT2D eigenvalue weighted by atomic mass is 127. The highest BCUT2D eigenvalue weighted by Crippen LogP contribution is 2.22. The molecule has 2 aromatic carbocycles. The van der Waals surface area contributed by atoms with Gasteiger partial charge in [-0.3, -0.25) is 4.79 Å². The first-order chi connectivity index (χ1) is 13.8. The molecule has 2 rings (SSSR count). The third-order valence-electron chi connectivity index (χ3n) is 4.07. The molecular weight excluding hydrogens is 603 g/mol. The van der Waals surface area contributed by atoms with E-state index in [1.165, 1.54) is 20.2 Å². The number of nitrogens with zero attached hydrogens (tertiary/aromatic N) is 2. The summed E-state index contributed by atoms with van der Waals surface area (Å²) < 4.78 is 15.9. The minimum absolute atomic E-state index is 0.0850. The zero-order valence-corrected chi connectivity index (χ0v) is 20.7. The summed E-state index contributed by atoms with van der Waals surface area (Å²) in [4.78, 5) is 22.6. The summed E-state index contributed by atoms with van der Waals surface area (Å²) in [5, 5.41) is 10.5. The number of halogens is 3. The molecule has 0 bridgehead atoms. The zero-order chi connectivity index (χ0) is 21.6. The van der Waals surface area contributed by atoms with Crippen LogP contribution in [0.4, 0.5) is 4.39 Å². The lowest BCUT2D eigenvalue weighted by molar-refractivity contribution is -0.114. The van der Waals surface area contributed by atoms with Crippen LogP contribution in [-0.4, -0.2) is 31.5 Å². The van der Waals surface area contributed by atoms with Gasteiger partial charge in [0.15, 0.2) is 5.71 Å². The van der Waals surface area contributed by atoms with Crippen LogP contribution in [0.25, 0.3) is 0 Å². The molecule has 0 aromatic heterocycles. The Bertz CT molecular complexity index is 954. The molecule has 0 spiro atoms. The third-order valence-corrected chi connectivity index (χ3v) is 5.54. The summed E-state index contributed by atoms with van der Waals surface area (Å²) >= 11 is 4.14. The van der Waals surface area contributed by atoms with Crippen molar-refractivity contribution in [3.05, 3.63) is 65.5 Å². The highest BCUT2D eigenvalue weighted by molar-refractivity contribution is 14.1. The smallest absolute Gasteiger partial charge is 0.273 e. The van der Waals surface area contributed by atoms with Crippen molar-refractivity contribution in [2.24, 2.45) is 10.3 Å². The largest absolute Gasteiger partial charge is 0.398 e. The molecule has 0 aliphatic heterocycles. The number of hydrogen-bond donors (Lipinski definition) is 1. The number of benzene rings is 2. The van der Waals surface area contributed by atoms with E-state index >= 15 is 0 Å². The Labute approximate surface area is 196 Å². The van der Waals surface area contributed by atoms with Crippen molar-refractivity contribution in [2.45, 2.75) is 20.5 Å². The number of aryl methyl sites for hydroxylation is 1. The molecular formula is C20H20FI2N3O3. The van der Waals surface area contributed by atoms with Crippen LogP contribution < -0.4 is 5.32 Å². The van der Waals surface area contributed by atoms with Gasteiger partial charge in [-0.25, -0.2) is 4.39 Å². The molecule has 0 unspecified atom stereocenters. The third kappa shape index (κ3) is 5.87. The van der Waals surface area contributed by atoms with Crippen LogP contribution in [0.2, 0.25) is 0 Å². The van der Waals surface area contributed by atoms with Gasteiger partial charge in [-0.2, -0.15) is 0 Å². The molecule has 0 radical (unpaired) electrons. The van der Waals surface area contributed by atoms with E-state index in [1.807, 2.05) is 25.1 Å². The topological polar surface area (TPSA) is 72.3 Å². The van der Waals surface area contributed by atoms with Gasteiger partial charge < -0.3 is 15.0 Å². The molecule has 0 saturated heterocycles. The molecule has 6 nitrogen and oxygen atoms in total. The fourth-order valence-corrected chi connectivity index (χ4v) is 4.83. The number of hydrogen-bond acceptors (Lipinski definition) is 5. The molecule has 0 fully saturated rings. The van der Waals surface area contributed by atoms with Gasteiger partial charge in [-0.15, -0.1) is 0 Å². The van der Waals surface area contributed by atoms with E-state index in [1.54, 1.807) is 13.0 Å². The Morgan fingerprint density at radius 2 is 1.97 bits per heavy atom. The van der Waals surface area contributed by atoms with Crippen LogP contribution in [0.3, 0.4) is 0 Å². The normalized spacial score (nSPS) is 12.0. The molecule has 0 saturated carbocycles. The molecule has 2 aromatic rings. The summed E-state index contributed by atoms with van der Waals surface area (Å²) in [6.07, 6.45) is 0. The molecule has 0 aliphatic carbocycles. The Hall–Kier alpha value is -1.76. The second kappa shape index (κ2) is 10.9. The van der Waals surface area contributed by atoms with Crippen LogP contribution >= 0.6 is 45.2 Å². The quantitative estimate of drug-likeness (QED) is 0.283. The van der Waals surface area contributed by atoms with Crippen molar-refractivity contribution < 1.29 is 18.9 Å². The predicted octanol–water partition coefficient (Wildman–Crippen LogP) is 4.38. The minimum atomic E-state index is -0.381. The minimum Gasteiger partial charge on any atom is -0.398 e. The summed E-state index contributed by atoms with van der Waals surface area (Å²) in [7, 11) is 2.89. The van der Waals surface area contributed by atoms with Crippen molar-refractivity contribution in [2.75, 3.05) is 14.2 Å². The standard InChI is InChI=1S/C20H20FI2N3O3/c1-11-6-5-7-14(19(26-28-4)20(27)24-3)15(11)10-29-25-12(2)18-16(21)8-13(22)9-17(18)23/h5-9H,10H2,1-4H3,(H,24,27)/b25-12+,26-19+. The fraction of sp³-hybridized carbons (Fsp3) is 0.250. The van der Waals surface area contributed by atoms with Crippen molar-refractivity contribution in [1.29, 1.82) is 0 Å². The molecule has 0 atom stereocenters. The number of amides is 1. The van der Waals surface area contributed by atoms with Gasteiger partial charge in [0.25, 0.3) is 5.91 Å². The first kappa shape index (κ1) is 23.5. The second-order valence-electron chi connectivity index (χ2n) is 6.00. The van der Waals surface area contributed by atoms with E-state index in [2.05, 4.69) is 60.8 Å². The maximum absolute atomic E-state index is 14.3. The van der Waals surface area contributed by atoms with Gasteiger partial charge in [-0.1, -0.05) is 28.5 Å². The van der Waals surface area contributed by atoms with Crippen molar-refractivity contribution in [3.63, 3.8) is 0 Å². The van der Waals surface area contributed by atoms with Crippen molar-refractivity contribution >= 4 is 62.5 Å². The lowest BCUT2D eigenvalue weighted by Crippen LogP contribution is -2.29. The summed E-state index contributed by atoms with van der Waals surface area (Å²) in [5.41, 5.74) is 3.18. The van der Waals surface area contributed by atoms with Gasteiger partial charge in [0.05, 0.1) is 5.71 Å². The van der Waals surface area contributed by atoms with Crippen LogP contribution in [0.15, 0.2) is 40.6 Å². The lowest BCUT2D eigenvalue weighted by atomic mass is 9.98. The van der Waals surface area contributed by atoms with E-state index in [-0.39, 0.29) is 24.0 Å². The average molecular weight is 623 g/mol. The maximum Gasteiger partial charge on any atom is 0.273 e. The number of nitrogens with one attached hydrogen (secondary N) is 1. The summed E-state index contributed by atoms with van der Waals surface area (Å²) in [6, 6.07) is 8.80. The molecule has 0 aliphatic rings. The van der Waals surface area contributed by atoms with Gasteiger partial charge >= 0.3 is 0 Å². The number of rotatable bonds is 7. The predicted molar refractivity (Wildman–Crippen MR) is 128 cm³/mol. The Balaban J connectivity index is 2.33. The van der Waals surface area contributed by atoms with E-state index < -0.39 is 0 Å². The molecule has 154 valence electrons. The Morgan fingerprint density at radius 3 is 2.59 bits per heavy atom. The van der Waals surface area contributed by atoms with Gasteiger partial charge in [-0.05, 0) is 76.7 Å². The van der Waals surface area contributed by atoms with Crippen LogP contribution in [-0.2, 0) is 21.1 Å². The SMILES string of the molecule is CNC(=O)/C(=N/OC)c1cccc(C)c1CO/N=C(\C)c1c(F)cc(I)cc1I. The average Bonchev–Trinajstić information content (AvgIpc) is 2.66. The first-order valence-electron chi connectivity index (χ1n) is 8.53. The van der Waals surface area contributed by atoms with E-state index in [0.29, 0.717) is 16.8 Å². The molecule has 29 heavy (non-hydrogen) atoms. The van der Waals surface area contributed by atoms with Crippen LogP contribution in [0.1, 0.15) is 29.2 Å². The van der Waals surface area contributed by atoms with E-state index in [9.17, 15) is 9.18 Å². The zero-order valence-electron chi connectivity index (χ0n) is 16.3. The monoisotopic (exact) mass is 623 g/mol. The highest BCUT2D eigenvalue weighted by Gasteiger charge is 2.19. The van der Waals surface area contributed by atoms with Crippen LogP contribution in [0, 0.1) is 19.9 Å². The number of carbonyl (C=O) groups is 1. The Kier molecular flexibility index (Phi) is 8.80. The van der Waals surface area contributed by atoms with Crippen molar-refractivity contribution in [1.82, 2.24) is 5.32 Å². The van der Waals surface area contributed by atoms with E-state index in [0.717, 1.165) is 18.3 Å². The summed E-state index contributed by atoms with van der Waals surface area (Å²) in [5.74, 6) is -0.731. The number of likely N-dealkylation sites (N-methyl/N-ethyl adjacent to an activating group) is 1. The fourth-order valence-electron chi connectivity index (χ4n) is 2.67. The van der Waals surface area contributed by atoms with Gasteiger partial charge in [0.1, 0.15) is 19.5 Å². The number of oxime groups is 2. The summed E-state index contributed by atoms with van der Waals surface area (Å²) in [6.45, 7) is 3.67. The Morgan fingerprint density at radius 1 is 1.24 bits per heavy atom. The van der Waals surface area contributed by atoms with Crippen LogP contribution in [0.5, 0.6) is 0 Å². The van der Waals surface area contributed by atoms with Gasteiger partial charge in [0.2, 0.25) is 0 Å².